The fraction of sp³-hybridized carbons (Fsp3) is 0.500. The van der Waals surface area contributed by atoms with Crippen molar-refractivity contribution in [3.05, 3.63) is 35.4 Å². The maximum atomic E-state index is 16.8. The van der Waals surface area contributed by atoms with Crippen LogP contribution in [0.4, 0.5) is 37.3 Å². The number of ether oxygens (including phenoxy) is 1. The van der Waals surface area contributed by atoms with Crippen LogP contribution in [-0.2, 0) is 6.18 Å². The average Bonchev–Trinajstić information content (AvgIpc) is 3.73. The Kier molecular flexibility index (Phi) is 6.63. The van der Waals surface area contributed by atoms with Gasteiger partial charge < -0.3 is 20.7 Å². The summed E-state index contributed by atoms with van der Waals surface area (Å²) in [5.74, 6) is -1.84. The van der Waals surface area contributed by atoms with Crippen LogP contribution in [0.5, 0.6) is 6.01 Å². The van der Waals surface area contributed by atoms with Crippen molar-refractivity contribution in [2.24, 2.45) is 0 Å². The molecule has 4 fully saturated rings. The van der Waals surface area contributed by atoms with Crippen molar-refractivity contribution in [1.29, 1.82) is 0 Å². The largest absolute Gasteiger partial charge is 0.461 e. The number of nitrogens with one attached hydrogen (secondary N) is 1. The molecule has 15 heteroatoms. The summed E-state index contributed by atoms with van der Waals surface area (Å²) in [5.41, 5.74) is 2.39. The molecule has 0 amide bonds. The smallest absolute Gasteiger partial charge is 0.417 e. The highest BCUT2D eigenvalue weighted by Crippen LogP contribution is 2.47. The van der Waals surface area contributed by atoms with Crippen molar-refractivity contribution in [1.82, 2.24) is 25.2 Å². The number of nitrogen functional groups attached to an aromatic ring is 1. The first-order valence-corrected chi connectivity index (χ1v) is 15.8. The predicted octanol–water partition coefficient (Wildman–Crippen LogP) is 5.68. The van der Waals surface area contributed by atoms with Crippen molar-refractivity contribution in [3.8, 4) is 17.1 Å². The standard InChI is InChI=1S/C30H29F6N7OS/c31-14-9-29(6-1-7-43(29)10-14)13-44-28-40-23-18(26(41-28)42-11-15-2-3-16(12-42)38-15)8-19(30(34,35)36)21(22(23)33)17-4-5-20(32)25-24(17)39-27(37)45-25/h4-5,8,14-16,38H,1-3,6-7,9-13H2,(H2,37,39)/t14-,15?,16?,29+/m1/s1. The minimum absolute atomic E-state index is 0.0664. The normalized spacial score (nSPS) is 26.8. The summed E-state index contributed by atoms with van der Waals surface area (Å²) in [4.78, 5) is 16.9. The number of nitrogens with two attached hydrogens (primary N) is 1. The molecule has 45 heavy (non-hydrogen) atoms. The van der Waals surface area contributed by atoms with E-state index in [1.54, 1.807) is 0 Å². The third-order valence-electron chi connectivity index (χ3n) is 9.72. The Balaban J connectivity index is 1.32. The van der Waals surface area contributed by atoms with Crippen LogP contribution in [0.2, 0.25) is 0 Å². The van der Waals surface area contributed by atoms with Crippen LogP contribution in [0.25, 0.3) is 32.2 Å². The zero-order valence-electron chi connectivity index (χ0n) is 23.9. The highest BCUT2D eigenvalue weighted by molar-refractivity contribution is 7.22. The van der Waals surface area contributed by atoms with Gasteiger partial charge in [-0.15, -0.1) is 0 Å². The van der Waals surface area contributed by atoms with E-state index in [0.717, 1.165) is 61.8 Å². The van der Waals surface area contributed by atoms with Crippen molar-refractivity contribution in [2.75, 3.05) is 43.4 Å². The van der Waals surface area contributed by atoms with Crippen LogP contribution < -0.4 is 20.7 Å². The van der Waals surface area contributed by atoms with Gasteiger partial charge in [-0.05, 0) is 50.4 Å². The molecule has 3 N–H and O–H groups in total. The predicted molar refractivity (Wildman–Crippen MR) is 158 cm³/mol. The van der Waals surface area contributed by atoms with Gasteiger partial charge in [0, 0.05) is 54.7 Å². The van der Waals surface area contributed by atoms with E-state index in [4.69, 9.17) is 10.5 Å². The molecule has 6 heterocycles. The van der Waals surface area contributed by atoms with Crippen molar-refractivity contribution in [2.45, 2.75) is 62.1 Å². The summed E-state index contributed by atoms with van der Waals surface area (Å²) in [5, 5.41) is 3.31. The fourth-order valence-electron chi connectivity index (χ4n) is 7.79. The maximum Gasteiger partial charge on any atom is 0.417 e. The first kappa shape index (κ1) is 29.0. The molecule has 238 valence electrons. The van der Waals surface area contributed by atoms with Crippen molar-refractivity contribution >= 4 is 43.4 Å². The van der Waals surface area contributed by atoms with Crippen LogP contribution in [0.15, 0.2) is 18.2 Å². The number of rotatable bonds is 5. The van der Waals surface area contributed by atoms with Crippen molar-refractivity contribution in [3.63, 3.8) is 0 Å². The average molecular weight is 650 g/mol. The molecule has 0 saturated carbocycles. The number of nitrogens with zero attached hydrogens (tertiary/aromatic N) is 5. The van der Waals surface area contributed by atoms with Gasteiger partial charge in [0.25, 0.3) is 0 Å². The van der Waals surface area contributed by atoms with E-state index >= 15 is 4.39 Å². The summed E-state index contributed by atoms with van der Waals surface area (Å²) in [6, 6.07) is 2.94. The molecule has 4 aliphatic rings. The van der Waals surface area contributed by atoms with Crippen LogP contribution in [0, 0.1) is 11.6 Å². The molecule has 8 nitrogen and oxygen atoms in total. The Morgan fingerprint density at radius 3 is 2.60 bits per heavy atom. The zero-order chi connectivity index (χ0) is 31.2. The van der Waals surface area contributed by atoms with Gasteiger partial charge in [0.05, 0.1) is 21.3 Å². The van der Waals surface area contributed by atoms with Gasteiger partial charge in [-0.1, -0.05) is 11.3 Å². The van der Waals surface area contributed by atoms with E-state index in [0.29, 0.717) is 26.1 Å². The van der Waals surface area contributed by atoms with Crippen LogP contribution in [-0.4, -0.2) is 76.4 Å². The lowest BCUT2D eigenvalue weighted by Crippen LogP contribution is -2.51. The van der Waals surface area contributed by atoms with E-state index in [-0.39, 0.29) is 62.3 Å². The Hall–Kier alpha value is -3.43. The molecule has 2 unspecified atom stereocenters. The van der Waals surface area contributed by atoms with E-state index in [9.17, 15) is 22.0 Å². The van der Waals surface area contributed by atoms with Gasteiger partial charge in [0.15, 0.2) is 10.9 Å². The number of thiazole rings is 1. The van der Waals surface area contributed by atoms with Crippen LogP contribution >= 0.6 is 11.3 Å². The molecular weight excluding hydrogens is 620 g/mol. The summed E-state index contributed by atoms with van der Waals surface area (Å²) < 4.78 is 96.1. The molecule has 4 saturated heterocycles. The molecule has 2 aromatic heterocycles. The molecule has 0 spiro atoms. The molecule has 4 aliphatic heterocycles. The molecule has 8 rings (SSSR count). The fourth-order valence-corrected chi connectivity index (χ4v) is 8.56. The summed E-state index contributed by atoms with van der Waals surface area (Å²) in [7, 11) is 0. The molecule has 2 bridgehead atoms. The zero-order valence-corrected chi connectivity index (χ0v) is 24.7. The van der Waals surface area contributed by atoms with E-state index in [1.165, 1.54) is 0 Å². The van der Waals surface area contributed by atoms with Gasteiger partial charge in [0.2, 0.25) is 0 Å². The van der Waals surface area contributed by atoms with Crippen LogP contribution in [0.1, 0.15) is 37.7 Å². The number of piperazine rings is 1. The lowest BCUT2D eigenvalue weighted by molar-refractivity contribution is -0.137. The topological polar surface area (TPSA) is 92.4 Å². The second-order valence-electron chi connectivity index (χ2n) is 12.6. The Morgan fingerprint density at radius 2 is 1.84 bits per heavy atom. The first-order chi connectivity index (χ1) is 21.5. The van der Waals surface area contributed by atoms with E-state index in [1.807, 2.05) is 4.90 Å². The number of benzene rings is 2. The summed E-state index contributed by atoms with van der Waals surface area (Å²) >= 11 is 0.765. The SMILES string of the molecule is Nc1nc2c(-c3c(C(F)(F)F)cc4c(N5CC6CCC(C5)N6)nc(OC[C@@]56CCCN5C[C@H](F)C6)nc4c3F)ccc(F)c2s1. The summed E-state index contributed by atoms with van der Waals surface area (Å²) in [6.07, 6.45) is -2.28. The number of aromatic nitrogens is 3. The number of hydrogen-bond acceptors (Lipinski definition) is 9. The number of alkyl halides is 4. The Bertz CT molecular complexity index is 1820. The monoisotopic (exact) mass is 649 g/mol. The molecule has 0 aliphatic carbocycles. The Morgan fingerprint density at radius 1 is 1.07 bits per heavy atom. The van der Waals surface area contributed by atoms with Gasteiger partial charge in [-0.3, -0.25) is 4.90 Å². The minimum atomic E-state index is -4.99. The van der Waals surface area contributed by atoms with Crippen LogP contribution in [0.3, 0.4) is 0 Å². The number of halogens is 6. The number of hydrogen-bond donors (Lipinski definition) is 2. The molecule has 4 aromatic rings. The lowest BCUT2D eigenvalue weighted by Gasteiger charge is -2.35. The molecule has 2 aromatic carbocycles. The van der Waals surface area contributed by atoms with E-state index in [2.05, 4.69) is 25.2 Å². The van der Waals surface area contributed by atoms with Gasteiger partial charge >= 0.3 is 12.2 Å². The first-order valence-electron chi connectivity index (χ1n) is 15.0. The quantitative estimate of drug-likeness (QED) is 0.267. The minimum Gasteiger partial charge on any atom is -0.461 e. The van der Waals surface area contributed by atoms with Gasteiger partial charge in [-0.2, -0.15) is 23.1 Å². The highest BCUT2D eigenvalue weighted by Gasteiger charge is 2.49. The third-order valence-corrected chi connectivity index (χ3v) is 10.6. The van der Waals surface area contributed by atoms with Gasteiger partial charge in [0.1, 0.15) is 29.9 Å². The number of fused-ring (bicyclic) bond motifs is 5. The second kappa shape index (κ2) is 10.3. The number of anilines is 2. The van der Waals surface area contributed by atoms with Gasteiger partial charge in [-0.25, -0.2) is 18.2 Å². The summed E-state index contributed by atoms with van der Waals surface area (Å²) in [6.45, 7) is 2.04. The maximum absolute atomic E-state index is 16.8. The Labute approximate surface area is 257 Å². The highest BCUT2D eigenvalue weighted by atomic mass is 32.1. The molecule has 0 radical (unpaired) electrons. The van der Waals surface area contributed by atoms with E-state index < -0.39 is 40.6 Å². The van der Waals surface area contributed by atoms with Crippen molar-refractivity contribution < 1.29 is 31.1 Å². The third kappa shape index (κ3) is 4.76. The lowest BCUT2D eigenvalue weighted by atomic mass is 9.95. The molecule has 4 atom stereocenters. The molecular formula is C30H29F6N7OS. The second-order valence-corrected chi connectivity index (χ2v) is 13.6.